The van der Waals surface area contributed by atoms with Crippen LogP contribution in [0.5, 0.6) is 0 Å². The number of carboxylic acids is 1. The van der Waals surface area contributed by atoms with E-state index >= 15 is 0 Å². The number of nitrogens with one attached hydrogen (secondary N) is 1. The fourth-order valence-corrected chi connectivity index (χ4v) is 7.63. The SMILES string of the molecule is CCCCC1(C(=O)O)CC(=O)C=C2NC[C@H]3[C@@H]4CCC[C@@]4(C)CC[C@@H]3[C@]21C. The molecule has 3 aliphatic carbocycles. The molecule has 150 valence electrons. The molecule has 0 radical (unpaired) electrons. The molecule has 1 heterocycles. The summed E-state index contributed by atoms with van der Waals surface area (Å²) in [7, 11) is 0. The van der Waals surface area contributed by atoms with Gasteiger partial charge in [0, 0.05) is 30.2 Å². The first-order chi connectivity index (χ1) is 12.8. The second-order valence-corrected chi connectivity index (χ2v) is 10.2. The van der Waals surface area contributed by atoms with Crippen LogP contribution in [0.4, 0.5) is 0 Å². The number of aliphatic carboxylic acids is 1. The second-order valence-electron chi connectivity index (χ2n) is 10.2. The van der Waals surface area contributed by atoms with E-state index in [0.29, 0.717) is 29.6 Å². The lowest BCUT2D eigenvalue weighted by atomic mass is 9.43. The Morgan fingerprint density at radius 1 is 1.26 bits per heavy atom. The highest BCUT2D eigenvalue weighted by molar-refractivity contribution is 5.97. The number of ketones is 1. The van der Waals surface area contributed by atoms with Crippen molar-refractivity contribution in [3.63, 3.8) is 0 Å². The van der Waals surface area contributed by atoms with Gasteiger partial charge in [-0.25, -0.2) is 0 Å². The van der Waals surface area contributed by atoms with Gasteiger partial charge in [-0.2, -0.15) is 0 Å². The highest BCUT2D eigenvalue weighted by Crippen LogP contribution is 2.67. The van der Waals surface area contributed by atoms with E-state index in [9.17, 15) is 14.7 Å². The average molecular weight is 374 g/mol. The fourth-order valence-electron chi connectivity index (χ4n) is 7.63. The van der Waals surface area contributed by atoms with Crippen LogP contribution in [0.1, 0.15) is 78.6 Å². The van der Waals surface area contributed by atoms with Gasteiger partial charge < -0.3 is 10.4 Å². The Balaban J connectivity index is 1.81. The third-order valence-electron chi connectivity index (χ3n) is 9.19. The van der Waals surface area contributed by atoms with Crippen molar-refractivity contribution in [3.8, 4) is 0 Å². The van der Waals surface area contributed by atoms with Crippen molar-refractivity contribution >= 4 is 11.8 Å². The molecule has 2 saturated carbocycles. The summed E-state index contributed by atoms with van der Waals surface area (Å²) in [4.78, 5) is 25.3. The van der Waals surface area contributed by atoms with Gasteiger partial charge in [0.25, 0.3) is 0 Å². The molecule has 0 aromatic rings. The molecule has 27 heavy (non-hydrogen) atoms. The molecule has 0 amide bonds. The largest absolute Gasteiger partial charge is 0.481 e. The van der Waals surface area contributed by atoms with Gasteiger partial charge in [-0.3, -0.25) is 9.59 Å². The van der Waals surface area contributed by atoms with E-state index in [1.807, 2.05) is 0 Å². The Hall–Kier alpha value is -1.32. The van der Waals surface area contributed by atoms with Crippen molar-refractivity contribution < 1.29 is 14.7 Å². The van der Waals surface area contributed by atoms with Crippen molar-refractivity contribution in [2.45, 2.75) is 78.6 Å². The van der Waals surface area contributed by atoms with Crippen LogP contribution in [0, 0.1) is 34.0 Å². The maximum absolute atomic E-state index is 12.7. The fraction of sp³-hybridized carbons (Fsp3) is 0.826. The number of hydrogen-bond acceptors (Lipinski definition) is 3. The van der Waals surface area contributed by atoms with Gasteiger partial charge in [-0.15, -0.1) is 0 Å². The monoisotopic (exact) mass is 373 g/mol. The molecule has 2 N–H and O–H groups in total. The Morgan fingerprint density at radius 3 is 2.74 bits per heavy atom. The molecule has 3 fully saturated rings. The molecule has 0 spiro atoms. The lowest BCUT2D eigenvalue weighted by molar-refractivity contribution is -0.172. The number of hydrogen-bond donors (Lipinski definition) is 2. The predicted octanol–water partition coefficient (Wildman–Crippen LogP) is 4.55. The summed E-state index contributed by atoms with van der Waals surface area (Å²) in [5.74, 6) is 0.801. The van der Waals surface area contributed by atoms with Gasteiger partial charge >= 0.3 is 5.97 Å². The normalized spacial score (nSPS) is 46.0. The number of carbonyl (C=O) groups is 2. The lowest BCUT2D eigenvalue weighted by Gasteiger charge is -2.62. The first-order valence-corrected chi connectivity index (χ1v) is 11.0. The van der Waals surface area contributed by atoms with Crippen LogP contribution in [0.25, 0.3) is 0 Å². The van der Waals surface area contributed by atoms with Crippen LogP contribution in [0.15, 0.2) is 11.8 Å². The van der Waals surface area contributed by atoms with Crippen molar-refractivity contribution in [2.24, 2.45) is 34.0 Å². The topological polar surface area (TPSA) is 66.4 Å². The van der Waals surface area contributed by atoms with Crippen LogP contribution in [-0.4, -0.2) is 23.4 Å². The summed E-state index contributed by atoms with van der Waals surface area (Å²) in [5.41, 5.74) is -0.0814. The summed E-state index contributed by atoms with van der Waals surface area (Å²) in [6.07, 6.45) is 10.5. The van der Waals surface area contributed by atoms with E-state index in [1.54, 1.807) is 6.08 Å². The molecular formula is C23H35NO3. The van der Waals surface area contributed by atoms with Gasteiger partial charge in [0.2, 0.25) is 0 Å². The summed E-state index contributed by atoms with van der Waals surface area (Å²) >= 11 is 0. The first kappa shape index (κ1) is 19.0. The molecule has 1 aliphatic heterocycles. The minimum Gasteiger partial charge on any atom is -0.481 e. The quantitative estimate of drug-likeness (QED) is 0.759. The molecule has 4 nitrogen and oxygen atoms in total. The molecular weight excluding hydrogens is 338 g/mol. The van der Waals surface area contributed by atoms with Crippen LogP contribution >= 0.6 is 0 Å². The first-order valence-electron chi connectivity index (χ1n) is 11.0. The number of carbonyl (C=O) groups excluding carboxylic acids is 1. The highest BCUT2D eigenvalue weighted by atomic mass is 16.4. The van der Waals surface area contributed by atoms with E-state index < -0.39 is 16.8 Å². The van der Waals surface area contributed by atoms with Gasteiger partial charge in [-0.1, -0.05) is 40.0 Å². The molecule has 1 unspecified atom stereocenters. The van der Waals surface area contributed by atoms with E-state index in [0.717, 1.165) is 31.5 Å². The third kappa shape index (κ3) is 2.47. The number of piperidine rings is 1. The Morgan fingerprint density at radius 2 is 2.04 bits per heavy atom. The highest BCUT2D eigenvalue weighted by Gasteiger charge is 2.66. The number of rotatable bonds is 4. The summed E-state index contributed by atoms with van der Waals surface area (Å²) in [6, 6.07) is 0. The van der Waals surface area contributed by atoms with E-state index in [1.165, 1.54) is 25.7 Å². The zero-order valence-corrected chi connectivity index (χ0v) is 17.1. The zero-order chi connectivity index (χ0) is 19.4. The molecule has 1 saturated heterocycles. The Bertz CT molecular complexity index is 685. The van der Waals surface area contributed by atoms with E-state index in [-0.39, 0.29) is 12.2 Å². The molecule has 4 rings (SSSR count). The number of carboxylic acid groups (broad SMARTS) is 1. The van der Waals surface area contributed by atoms with Crippen LogP contribution in [0.2, 0.25) is 0 Å². The summed E-state index contributed by atoms with van der Waals surface area (Å²) in [6.45, 7) is 7.64. The van der Waals surface area contributed by atoms with E-state index in [2.05, 4.69) is 26.1 Å². The van der Waals surface area contributed by atoms with Gasteiger partial charge in [0.05, 0.1) is 5.41 Å². The maximum atomic E-state index is 12.7. The van der Waals surface area contributed by atoms with Crippen molar-refractivity contribution in [2.75, 3.05) is 6.54 Å². The van der Waals surface area contributed by atoms with Crippen LogP contribution in [0.3, 0.4) is 0 Å². The van der Waals surface area contributed by atoms with Gasteiger partial charge in [0.1, 0.15) is 0 Å². The number of unbranched alkanes of at least 4 members (excludes halogenated alkanes) is 1. The molecule has 6 atom stereocenters. The molecule has 0 aromatic carbocycles. The smallest absolute Gasteiger partial charge is 0.311 e. The standard InChI is InChI=1S/C23H35NO3/c1-4-5-10-23(20(26)27)13-15(25)12-19-22(23,3)18-8-11-21(2)9-6-7-17(21)16(18)14-24-19/h12,16-18,24H,4-11,13-14H2,1-3H3,(H,26,27)/t16-,17-,18-,21-,22+,23?/m0/s1. The number of allylic oxidation sites excluding steroid dienone is 2. The zero-order valence-electron chi connectivity index (χ0n) is 17.1. The summed E-state index contributed by atoms with van der Waals surface area (Å²) < 4.78 is 0. The molecule has 0 aromatic heterocycles. The van der Waals surface area contributed by atoms with Crippen molar-refractivity contribution in [1.29, 1.82) is 0 Å². The molecule has 0 bridgehead atoms. The minimum absolute atomic E-state index is 0.0200. The van der Waals surface area contributed by atoms with Crippen molar-refractivity contribution in [1.82, 2.24) is 5.32 Å². The summed E-state index contributed by atoms with van der Waals surface area (Å²) in [5, 5.41) is 14.0. The number of fused-ring (bicyclic) bond motifs is 5. The average Bonchev–Trinajstić information content (AvgIpc) is 3.02. The lowest BCUT2D eigenvalue weighted by Crippen LogP contribution is -2.64. The minimum atomic E-state index is -0.965. The predicted molar refractivity (Wildman–Crippen MR) is 105 cm³/mol. The van der Waals surface area contributed by atoms with Gasteiger partial charge in [-0.05, 0) is 55.3 Å². The second kappa shape index (κ2) is 6.35. The molecule has 4 aliphatic rings. The third-order valence-corrected chi connectivity index (χ3v) is 9.19. The Kier molecular flexibility index (Phi) is 4.47. The van der Waals surface area contributed by atoms with Crippen molar-refractivity contribution in [3.05, 3.63) is 11.8 Å². The van der Waals surface area contributed by atoms with Crippen LogP contribution in [-0.2, 0) is 9.59 Å². The van der Waals surface area contributed by atoms with Gasteiger partial charge in [0.15, 0.2) is 5.78 Å². The van der Waals surface area contributed by atoms with Crippen LogP contribution < -0.4 is 5.32 Å². The maximum Gasteiger partial charge on any atom is 0.311 e. The Labute approximate surface area is 163 Å². The molecule has 4 heteroatoms. The van der Waals surface area contributed by atoms with E-state index in [4.69, 9.17) is 0 Å².